The largest absolute Gasteiger partial charge is 0.346 e. The second-order valence-corrected chi connectivity index (χ2v) is 8.02. The number of nitrogens with one attached hydrogen (secondary N) is 1. The maximum Gasteiger partial charge on any atom is 0.253 e. The van der Waals surface area contributed by atoms with Crippen LogP contribution in [-0.2, 0) is 9.59 Å². The molecule has 28 heavy (non-hydrogen) atoms. The second kappa shape index (κ2) is 9.22. The second-order valence-electron chi connectivity index (χ2n) is 8.02. The van der Waals surface area contributed by atoms with Gasteiger partial charge in [0.2, 0.25) is 11.8 Å². The van der Waals surface area contributed by atoms with E-state index >= 15 is 0 Å². The number of piperidine rings is 1. The number of carbonyl (C=O) groups is 3. The van der Waals surface area contributed by atoms with Crippen LogP contribution in [0.25, 0.3) is 0 Å². The standard InChI is InChI=1S/C22H31N3O3/c1-3-4-13-24(2)21(27)18-11-14-25(15-12-18)22(28)17-7-9-19(10-8-17)23-20(26)16-5-6-16/h7-10,16,18H,3-6,11-15H2,1-2H3,(H,23,26). The van der Waals surface area contributed by atoms with Gasteiger partial charge in [-0.15, -0.1) is 0 Å². The monoisotopic (exact) mass is 385 g/mol. The SMILES string of the molecule is CCCCN(C)C(=O)C1CCN(C(=O)c2ccc(NC(=O)C3CC3)cc2)CC1. The van der Waals surface area contributed by atoms with Crippen LogP contribution in [0.5, 0.6) is 0 Å². The summed E-state index contributed by atoms with van der Waals surface area (Å²) in [6.07, 6.45) is 5.47. The molecule has 2 fully saturated rings. The van der Waals surface area contributed by atoms with Crippen LogP contribution in [0.4, 0.5) is 5.69 Å². The van der Waals surface area contributed by atoms with Crippen LogP contribution < -0.4 is 5.32 Å². The molecule has 1 aromatic carbocycles. The first-order chi connectivity index (χ1) is 13.5. The number of hydrogen-bond acceptors (Lipinski definition) is 3. The highest BCUT2D eigenvalue weighted by Gasteiger charge is 2.30. The van der Waals surface area contributed by atoms with E-state index in [4.69, 9.17) is 0 Å². The van der Waals surface area contributed by atoms with Crippen molar-refractivity contribution in [2.45, 2.75) is 45.4 Å². The minimum absolute atomic E-state index is 0.00898. The number of nitrogens with zero attached hydrogens (tertiary/aromatic N) is 2. The summed E-state index contributed by atoms with van der Waals surface area (Å²) in [6, 6.07) is 7.10. The normalized spacial score (nSPS) is 17.3. The van der Waals surface area contributed by atoms with Crippen molar-refractivity contribution >= 4 is 23.4 Å². The number of carbonyl (C=O) groups excluding carboxylic acids is 3. The van der Waals surface area contributed by atoms with Crippen LogP contribution in [0.1, 0.15) is 55.8 Å². The van der Waals surface area contributed by atoms with Crippen molar-refractivity contribution in [2.75, 3.05) is 32.0 Å². The Balaban J connectivity index is 1.49. The summed E-state index contributed by atoms with van der Waals surface area (Å²) >= 11 is 0. The minimum Gasteiger partial charge on any atom is -0.346 e. The maximum atomic E-state index is 12.7. The zero-order valence-electron chi connectivity index (χ0n) is 16.9. The summed E-state index contributed by atoms with van der Waals surface area (Å²) in [5.74, 6) is 0.439. The number of hydrogen-bond donors (Lipinski definition) is 1. The van der Waals surface area contributed by atoms with Crippen LogP contribution in [0.3, 0.4) is 0 Å². The molecule has 3 rings (SSSR count). The van der Waals surface area contributed by atoms with E-state index in [1.165, 1.54) is 0 Å². The van der Waals surface area contributed by atoms with E-state index in [0.29, 0.717) is 18.7 Å². The van der Waals surface area contributed by atoms with Gasteiger partial charge in [0, 0.05) is 49.8 Å². The van der Waals surface area contributed by atoms with E-state index in [2.05, 4.69) is 12.2 Å². The summed E-state index contributed by atoms with van der Waals surface area (Å²) in [5.41, 5.74) is 1.35. The smallest absolute Gasteiger partial charge is 0.253 e. The summed E-state index contributed by atoms with van der Waals surface area (Å²) in [6.45, 7) is 4.14. The van der Waals surface area contributed by atoms with Gasteiger partial charge in [-0.1, -0.05) is 13.3 Å². The molecule has 1 aliphatic carbocycles. The number of unbranched alkanes of at least 4 members (excludes halogenated alkanes) is 1. The van der Waals surface area contributed by atoms with Gasteiger partial charge in [-0.25, -0.2) is 0 Å². The molecular weight excluding hydrogens is 354 g/mol. The molecule has 1 N–H and O–H groups in total. The van der Waals surface area contributed by atoms with Crippen LogP contribution in [0.15, 0.2) is 24.3 Å². The molecular formula is C22H31N3O3. The van der Waals surface area contributed by atoms with Crippen molar-refractivity contribution in [3.05, 3.63) is 29.8 Å². The zero-order valence-corrected chi connectivity index (χ0v) is 16.9. The Morgan fingerprint density at radius 3 is 2.25 bits per heavy atom. The molecule has 6 nitrogen and oxygen atoms in total. The Hall–Kier alpha value is -2.37. The lowest BCUT2D eigenvalue weighted by Crippen LogP contribution is -2.43. The fourth-order valence-corrected chi connectivity index (χ4v) is 3.62. The van der Waals surface area contributed by atoms with Crippen LogP contribution in [0, 0.1) is 11.8 Å². The third-order valence-electron chi connectivity index (χ3n) is 5.70. The summed E-state index contributed by atoms with van der Waals surface area (Å²) < 4.78 is 0. The average molecular weight is 386 g/mol. The van der Waals surface area contributed by atoms with Crippen LogP contribution in [-0.4, -0.2) is 54.2 Å². The Kier molecular flexibility index (Phi) is 6.70. The molecule has 6 heteroatoms. The lowest BCUT2D eigenvalue weighted by molar-refractivity contribution is -0.135. The Morgan fingerprint density at radius 2 is 1.68 bits per heavy atom. The molecule has 0 bridgehead atoms. The van der Waals surface area contributed by atoms with Crippen molar-refractivity contribution in [1.29, 1.82) is 0 Å². The first-order valence-electron chi connectivity index (χ1n) is 10.4. The van der Waals surface area contributed by atoms with Crippen LogP contribution in [0.2, 0.25) is 0 Å². The van der Waals surface area contributed by atoms with Gasteiger partial charge in [-0.2, -0.15) is 0 Å². The van der Waals surface area contributed by atoms with E-state index in [1.807, 2.05) is 16.8 Å². The van der Waals surface area contributed by atoms with Gasteiger partial charge in [0.1, 0.15) is 0 Å². The average Bonchev–Trinajstić information content (AvgIpc) is 3.57. The number of likely N-dealkylation sites (tertiary alicyclic amines) is 1. The summed E-state index contributed by atoms with van der Waals surface area (Å²) in [7, 11) is 1.87. The van der Waals surface area contributed by atoms with Gasteiger partial charge in [0.15, 0.2) is 0 Å². The van der Waals surface area contributed by atoms with Crippen molar-refractivity contribution in [2.24, 2.45) is 11.8 Å². The molecule has 0 aromatic heterocycles. The highest BCUT2D eigenvalue weighted by molar-refractivity contribution is 5.97. The van der Waals surface area contributed by atoms with Gasteiger partial charge in [0.05, 0.1) is 0 Å². The van der Waals surface area contributed by atoms with Gasteiger partial charge in [-0.05, 0) is 56.4 Å². The lowest BCUT2D eigenvalue weighted by atomic mass is 9.94. The quantitative estimate of drug-likeness (QED) is 0.784. The molecule has 1 aliphatic heterocycles. The fraction of sp³-hybridized carbons (Fsp3) is 0.591. The summed E-state index contributed by atoms with van der Waals surface area (Å²) in [5, 5.41) is 2.89. The molecule has 0 atom stereocenters. The Morgan fingerprint density at radius 1 is 1.04 bits per heavy atom. The van der Waals surface area contributed by atoms with Crippen molar-refractivity contribution in [1.82, 2.24) is 9.80 Å². The molecule has 3 amide bonds. The summed E-state index contributed by atoms with van der Waals surface area (Å²) in [4.78, 5) is 40.7. The number of rotatable bonds is 7. The van der Waals surface area contributed by atoms with Crippen LogP contribution >= 0.6 is 0 Å². The van der Waals surface area contributed by atoms with Crippen molar-refractivity contribution < 1.29 is 14.4 Å². The first-order valence-corrected chi connectivity index (χ1v) is 10.4. The Labute approximate surface area is 167 Å². The third kappa shape index (κ3) is 5.12. The molecule has 1 saturated heterocycles. The van der Waals surface area contributed by atoms with Gasteiger partial charge in [-0.3, -0.25) is 14.4 Å². The van der Waals surface area contributed by atoms with E-state index in [-0.39, 0.29) is 29.6 Å². The van der Waals surface area contributed by atoms with Crippen molar-refractivity contribution in [3.8, 4) is 0 Å². The molecule has 0 unspecified atom stereocenters. The highest BCUT2D eigenvalue weighted by atomic mass is 16.2. The highest BCUT2D eigenvalue weighted by Crippen LogP contribution is 2.30. The number of benzene rings is 1. The molecule has 1 heterocycles. The topological polar surface area (TPSA) is 69.7 Å². The molecule has 1 saturated carbocycles. The van der Waals surface area contributed by atoms with Gasteiger partial charge >= 0.3 is 0 Å². The third-order valence-corrected chi connectivity index (χ3v) is 5.70. The molecule has 1 aromatic rings. The van der Waals surface area contributed by atoms with Gasteiger partial charge in [0.25, 0.3) is 5.91 Å². The van der Waals surface area contributed by atoms with Gasteiger partial charge < -0.3 is 15.1 Å². The minimum atomic E-state index is -0.00898. The zero-order chi connectivity index (χ0) is 20.1. The first kappa shape index (κ1) is 20.4. The van der Waals surface area contributed by atoms with E-state index in [9.17, 15) is 14.4 Å². The van der Waals surface area contributed by atoms with E-state index in [0.717, 1.165) is 50.8 Å². The van der Waals surface area contributed by atoms with E-state index < -0.39 is 0 Å². The molecule has 152 valence electrons. The molecule has 2 aliphatic rings. The lowest BCUT2D eigenvalue weighted by Gasteiger charge is -2.33. The fourth-order valence-electron chi connectivity index (χ4n) is 3.62. The number of amides is 3. The predicted molar refractivity (Wildman–Crippen MR) is 109 cm³/mol. The number of anilines is 1. The Bertz CT molecular complexity index is 704. The maximum absolute atomic E-state index is 12.7. The molecule has 0 spiro atoms. The van der Waals surface area contributed by atoms with E-state index in [1.54, 1.807) is 24.3 Å². The van der Waals surface area contributed by atoms with Crippen molar-refractivity contribution in [3.63, 3.8) is 0 Å². The molecule has 0 radical (unpaired) electrons. The predicted octanol–water partition coefficient (Wildman–Crippen LogP) is 3.15.